The third-order valence-corrected chi connectivity index (χ3v) is 4.75. The number of carbonyl (C=O) groups is 2. The van der Waals surface area contributed by atoms with Gasteiger partial charge in [0.2, 0.25) is 5.91 Å². The fourth-order valence-electron chi connectivity index (χ4n) is 3.45. The third kappa shape index (κ3) is 3.60. The molecule has 0 saturated carbocycles. The molecule has 2 heterocycles. The van der Waals surface area contributed by atoms with Gasteiger partial charge in [-0.15, -0.1) is 0 Å². The van der Waals surface area contributed by atoms with Gasteiger partial charge in [0.15, 0.2) is 5.76 Å². The molecule has 1 aliphatic rings. The standard InChI is InChI=1S/C20H24N2O3/c1-3-11-21(20(24)18-9-6-13-25-18)14-19(23)22-12-10-16-7-4-5-8-17(16)15(22)2/h4-9,13,15H,3,10-12,14H2,1-2H3. The summed E-state index contributed by atoms with van der Waals surface area (Å²) in [6.07, 6.45) is 3.12. The molecule has 2 aromatic rings. The normalized spacial score (nSPS) is 16.4. The molecule has 0 N–H and O–H groups in total. The summed E-state index contributed by atoms with van der Waals surface area (Å²) < 4.78 is 5.20. The average Bonchev–Trinajstić information content (AvgIpc) is 3.16. The van der Waals surface area contributed by atoms with E-state index in [1.807, 2.05) is 24.0 Å². The first-order valence-electron chi connectivity index (χ1n) is 8.82. The largest absolute Gasteiger partial charge is 0.459 e. The van der Waals surface area contributed by atoms with Gasteiger partial charge in [-0.2, -0.15) is 0 Å². The molecule has 0 spiro atoms. The second kappa shape index (κ2) is 7.55. The molecule has 132 valence electrons. The van der Waals surface area contributed by atoms with Gasteiger partial charge in [0.1, 0.15) is 6.54 Å². The van der Waals surface area contributed by atoms with E-state index in [9.17, 15) is 9.59 Å². The number of carbonyl (C=O) groups excluding carboxylic acids is 2. The molecule has 25 heavy (non-hydrogen) atoms. The number of hydrogen-bond acceptors (Lipinski definition) is 3. The summed E-state index contributed by atoms with van der Waals surface area (Å²) in [5.74, 6) is 0.0268. The molecule has 1 aromatic carbocycles. The highest BCUT2D eigenvalue weighted by atomic mass is 16.3. The smallest absolute Gasteiger partial charge is 0.290 e. The van der Waals surface area contributed by atoms with Crippen LogP contribution < -0.4 is 0 Å². The van der Waals surface area contributed by atoms with Crippen molar-refractivity contribution in [1.82, 2.24) is 9.80 Å². The number of hydrogen-bond donors (Lipinski definition) is 0. The fraction of sp³-hybridized carbons (Fsp3) is 0.400. The molecule has 0 saturated heterocycles. The highest BCUT2D eigenvalue weighted by Crippen LogP contribution is 2.29. The number of fused-ring (bicyclic) bond motifs is 1. The molecule has 5 heteroatoms. The van der Waals surface area contributed by atoms with Crippen LogP contribution in [0, 0.1) is 0 Å². The lowest BCUT2D eigenvalue weighted by Gasteiger charge is -2.36. The van der Waals surface area contributed by atoms with Crippen molar-refractivity contribution in [2.75, 3.05) is 19.6 Å². The predicted octanol–water partition coefficient (Wildman–Crippen LogP) is 3.28. The first-order valence-corrected chi connectivity index (χ1v) is 8.82. The minimum Gasteiger partial charge on any atom is -0.459 e. The first-order chi connectivity index (χ1) is 12.1. The maximum absolute atomic E-state index is 12.9. The highest BCUT2D eigenvalue weighted by molar-refractivity contribution is 5.94. The summed E-state index contributed by atoms with van der Waals surface area (Å²) in [4.78, 5) is 28.9. The van der Waals surface area contributed by atoms with E-state index in [1.165, 1.54) is 17.4 Å². The van der Waals surface area contributed by atoms with Crippen LogP contribution in [0.2, 0.25) is 0 Å². The van der Waals surface area contributed by atoms with Crippen LogP contribution in [0.15, 0.2) is 47.1 Å². The molecule has 2 amide bonds. The molecule has 3 rings (SSSR count). The van der Waals surface area contributed by atoms with E-state index in [0.717, 1.165) is 12.8 Å². The highest BCUT2D eigenvalue weighted by Gasteiger charge is 2.29. The number of furan rings is 1. The van der Waals surface area contributed by atoms with Crippen LogP contribution in [-0.4, -0.2) is 41.2 Å². The van der Waals surface area contributed by atoms with Crippen molar-refractivity contribution in [3.8, 4) is 0 Å². The predicted molar refractivity (Wildman–Crippen MR) is 95.2 cm³/mol. The molecular weight excluding hydrogens is 316 g/mol. The Morgan fingerprint density at radius 2 is 2.04 bits per heavy atom. The van der Waals surface area contributed by atoms with Crippen LogP contribution in [0.5, 0.6) is 0 Å². The first kappa shape index (κ1) is 17.3. The van der Waals surface area contributed by atoms with Crippen molar-refractivity contribution in [3.63, 3.8) is 0 Å². The van der Waals surface area contributed by atoms with E-state index < -0.39 is 0 Å². The summed E-state index contributed by atoms with van der Waals surface area (Å²) in [6.45, 7) is 5.34. The number of benzene rings is 1. The van der Waals surface area contributed by atoms with Crippen molar-refractivity contribution >= 4 is 11.8 Å². The minimum absolute atomic E-state index is 0.0182. The minimum atomic E-state index is -0.231. The lowest BCUT2D eigenvalue weighted by molar-refractivity contribution is -0.134. The molecule has 0 bridgehead atoms. The van der Waals surface area contributed by atoms with E-state index in [1.54, 1.807) is 17.0 Å². The van der Waals surface area contributed by atoms with Crippen LogP contribution in [0.3, 0.4) is 0 Å². The summed E-state index contributed by atoms with van der Waals surface area (Å²) >= 11 is 0. The Kier molecular flexibility index (Phi) is 5.22. The number of amides is 2. The van der Waals surface area contributed by atoms with Crippen LogP contribution in [-0.2, 0) is 11.2 Å². The molecule has 1 atom stereocenters. The Balaban J connectivity index is 1.73. The van der Waals surface area contributed by atoms with Crippen LogP contribution in [0.4, 0.5) is 0 Å². The molecule has 5 nitrogen and oxygen atoms in total. The van der Waals surface area contributed by atoms with Crippen LogP contribution in [0.1, 0.15) is 48.0 Å². The molecule has 0 fully saturated rings. The van der Waals surface area contributed by atoms with E-state index >= 15 is 0 Å². The second-order valence-electron chi connectivity index (χ2n) is 6.42. The van der Waals surface area contributed by atoms with Gasteiger partial charge < -0.3 is 14.2 Å². The van der Waals surface area contributed by atoms with Gasteiger partial charge in [0, 0.05) is 13.1 Å². The van der Waals surface area contributed by atoms with Gasteiger partial charge in [0.05, 0.1) is 12.3 Å². The lowest BCUT2D eigenvalue weighted by atomic mass is 9.93. The quantitative estimate of drug-likeness (QED) is 0.839. The zero-order valence-corrected chi connectivity index (χ0v) is 14.8. The van der Waals surface area contributed by atoms with Gasteiger partial charge in [-0.3, -0.25) is 9.59 Å². The van der Waals surface area contributed by atoms with Crippen LogP contribution >= 0.6 is 0 Å². The number of rotatable bonds is 5. The molecule has 0 aliphatic carbocycles. The van der Waals surface area contributed by atoms with Crippen molar-refractivity contribution in [3.05, 3.63) is 59.5 Å². The van der Waals surface area contributed by atoms with E-state index in [2.05, 4.69) is 19.1 Å². The summed E-state index contributed by atoms with van der Waals surface area (Å²) in [5.41, 5.74) is 2.50. The van der Waals surface area contributed by atoms with Gasteiger partial charge in [-0.05, 0) is 43.0 Å². The Bertz CT molecular complexity index is 739. The molecule has 0 radical (unpaired) electrons. The van der Waals surface area contributed by atoms with Gasteiger partial charge in [0.25, 0.3) is 5.91 Å². The Morgan fingerprint density at radius 1 is 1.24 bits per heavy atom. The van der Waals surface area contributed by atoms with E-state index in [0.29, 0.717) is 13.1 Å². The monoisotopic (exact) mass is 340 g/mol. The molecular formula is C20H24N2O3. The Labute approximate surface area is 148 Å². The van der Waals surface area contributed by atoms with Gasteiger partial charge in [-0.1, -0.05) is 31.2 Å². The van der Waals surface area contributed by atoms with E-state index in [4.69, 9.17) is 4.42 Å². The van der Waals surface area contributed by atoms with Crippen molar-refractivity contribution in [2.45, 2.75) is 32.7 Å². The summed E-state index contributed by atoms with van der Waals surface area (Å²) in [7, 11) is 0. The van der Waals surface area contributed by atoms with Gasteiger partial charge in [-0.25, -0.2) is 0 Å². The SMILES string of the molecule is CCCN(CC(=O)N1CCc2ccccc2C1C)C(=O)c1ccco1. The van der Waals surface area contributed by atoms with Crippen molar-refractivity contribution in [1.29, 1.82) is 0 Å². The zero-order chi connectivity index (χ0) is 17.8. The molecule has 1 unspecified atom stereocenters. The van der Waals surface area contributed by atoms with Gasteiger partial charge >= 0.3 is 0 Å². The maximum atomic E-state index is 12.9. The van der Waals surface area contributed by atoms with Crippen LogP contribution in [0.25, 0.3) is 0 Å². The summed E-state index contributed by atoms with van der Waals surface area (Å²) in [6, 6.07) is 11.6. The fourth-order valence-corrected chi connectivity index (χ4v) is 3.45. The topological polar surface area (TPSA) is 53.8 Å². The summed E-state index contributed by atoms with van der Waals surface area (Å²) in [5, 5.41) is 0. The Hall–Kier alpha value is -2.56. The van der Waals surface area contributed by atoms with E-state index in [-0.39, 0.29) is 30.2 Å². The zero-order valence-electron chi connectivity index (χ0n) is 14.8. The number of nitrogens with zero attached hydrogens (tertiary/aromatic N) is 2. The lowest BCUT2D eigenvalue weighted by Crippen LogP contribution is -2.46. The average molecular weight is 340 g/mol. The Morgan fingerprint density at radius 3 is 2.76 bits per heavy atom. The van der Waals surface area contributed by atoms with Crippen molar-refractivity contribution < 1.29 is 14.0 Å². The second-order valence-corrected chi connectivity index (χ2v) is 6.42. The maximum Gasteiger partial charge on any atom is 0.290 e. The molecule has 1 aliphatic heterocycles. The molecule has 1 aromatic heterocycles. The van der Waals surface area contributed by atoms with Crippen molar-refractivity contribution in [2.24, 2.45) is 0 Å². The third-order valence-electron chi connectivity index (χ3n) is 4.75.